The van der Waals surface area contributed by atoms with Crippen LogP contribution in [0.5, 0.6) is 0 Å². The van der Waals surface area contributed by atoms with Crippen molar-refractivity contribution in [2.24, 2.45) is 0 Å². The van der Waals surface area contributed by atoms with Crippen LogP contribution in [0.3, 0.4) is 0 Å². The fourth-order valence-corrected chi connectivity index (χ4v) is 2.56. The highest BCUT2D eigenvalue weighted by Crippen LogP contribution is 2.10. The van der Waals surface area contributed by atoms with Gasteiger partial charge >= 0.3 is 0 Å². The van der Waals surface area contributed by atoms with Crippen molar-refractivity contribution in [2.45, 2.75) is 31.7 Å². The quantitative estimate of drug-likeness (QED) is 0.819. The summed E-state index contributed by atoms with van der Waals surface area (Å²) in [6, 6.07) is 6.60. The Kier molecular flexibility index (Phi) is 4.26. The van der Waals surface area contributed by atoms with E-state index >= 15 is 0 Å². The molecule has 0 bridgehead atoms. The Morgan fingerprint density at radius 2 is 1.81 bits per heavy atom. The van der Waals surface area contributed by atoms with Crippen LogP contribution in [-0.4, -0.2) is 14.5 Å². The van der Waals surface area contributed by atoms with Crippen molar-refractivity contribution in [1.29, 1.82) is 0 Å². The summed E-state index contributed by atoms with van der Waals surface area (Å²) in [4.78, 5) is 0.300. The van der Waals surface area contributed by atoms with Gasteiger partial charge in [0.15, 0.2) is 0 Å². The first-order valence-corrected chi connectivity index (χ1v) is 6.66. The van der Waals surface area contributed by atoms with Crippen LogP contribution in [0.15, 0.2) is 41.3 Å². The van der Waals surface area contributed by atoms with E-state index in [2.05, 4.69) is 4.72 Å². The molecular weight excluding hydrogens is 222 g/mol. The van der Waals surface area contributed by atoms with Crippen LogP contribution in [0, 0.1) is 6.92 Å². The molecule has 0 heterocycles. The summed E-state index contributed by atoms with van der Waals surface area (Å²) in [5, 5.41) is 0. The summed E-state index contributed by atoms with van der Waals surface area (Å²) >= 11 is 0. The SMILES string of the molecule is CC=CC(C)NS(=O)(=O)c1ccc(C)cc1. The van der Waals surface area contributed by atoms with Crippen LogP contribution in [0.2, 0.25) is 0 Å². The van der Waals surface area contributed by atoms with Crippen LogP contribution >= 0.6 is 0 Å². The molecule has 1 atom stereocenters. The molecule has 1 aromatic rings. The van der Waals surface area contributed by atoms with Crippen LogP contribution in [0.25, 0.3) is 0 Å². The van der Waals surface area contributed by atoms with Gasteiger partial charge in [0, 0.05) is 6.04 Å². The third kappa shape index (κ3) is 3.47. The lowest BCUT2D eigenvalue weighted by Crippen LogP contribution is -2.31. The zero-order valence-corrected chi connectivity index (χ0v) is 10.6. The van der Waals surface area contributed by atoms with Gasteiger partial charge in [-0.2, -0.15) is 0 Å². The van der Waals surface area contributed by atoms with E-state index in [1.807, 2.05) is 19.9 Å². The standard InChI is InChI=1S/C12H17NO2S/c1-4-5-11(3)13-16(14,15)12-8-6-10(2)7-9-12/h4-9,11,13H,1-3H3. The number of benzene rings is 1. The molecule has 88 valence electrons. The molecule has 0 aliphatic heterocycles. The average molecular weight is 239 g/mol. The van der Waals surface area contributed by atoms with Gasteiger partial charge in [0.1, 0.15) is 0 Å². The summed E-state index contributed by atoms with van der Waals surface area (Å²) in [5.41, 5.74) is 1.04. The average Bonchev–Trinajstić information content (AvgIpc) is 2.17. The highest BCUT2D eigenvalue weighted by atomic mass is 32.2. The fraction of sp³-hybridized carbons (Fsp3) is 0.333. The molecular formula is C12H17NO2S. The van der Waals surface area contributed by atoms with Crippen molar-refractivity contribution < 1.29 is 8.42 Å². The first-order chi connectivity index (χ1) is 7.45. The lowest BCUT2D eigenvalue weighted by molar-refractivity contribution is 0.576. The van der Waals surface area contributed by atoms with E-state index in [4.69, 9.17) is 0 Å². The monoisotopic (exact) mass is 239 g/mol. The maximum Gasteiger partial charge on any atom is 0.241 e. The van der Waals surface area contributed by atoms with E-state index in [1.54, 1.807) is 37.3 Å². The molecule has 0 fully saturated rings. The predicted octanol–water partition coefficient (Wildman–Crippen LogP) is 2.24. The van der Waals surface area contributed by atoms with Gasteiger partial charge in [-0.3, -0.25) is 0 Å². The third-order valence-corrected chi connectivity index (χ3v) is 3.73. The number of sulfonamides is 1. The molecule has 0 aliphatic carbocycles. The number of aryl methyl sites for hydroxylation is 1. The van der Waals surface area contributed by atoms with E-state index in [-0.39, 0.29) is 6.04 Å². The van der Waals surface area contributed by atoms with Crippen molar-refractivity contribution >= 4 is 10.0 Å². The lowest BCUT2D eigenvalue weighted by atomic mass is 10.2. The van der Waals surface area contributed by atoms with Crippen LogP contribution in [-0.2, 0) is 10.0 Å². The van der Waals surface area contributed by atoms with Gasteiger partial charge < -0.3 is 0 Å². The van der Waals surface area contributed by atoms with Crippen LogP contribution in [0.4, 0.5) is 0 Å². The smallest absolute Gasteiger partial charge is 0.207 e. The number of hydrogen-bond acceptors (Lipinski definition) is 2. The van der Waals surface area contributed by atoms with Crippen molar-refractivity contribution in [1.82, 2.24) is 4.72 Å². The van der Waals surface area contributed by atoms with Gasteiger partial charge in [-0.15, -0.1) is 0 Å². The minimum Gasteiger partial charge on any atom is -0.207 e. The Hall–Kier alpha value is -1.13. The normalized spacial score (nSPS) is 14.2. The molecule has 0 saturated heterocycles. The summed E-state index contributed by atoms with van der Waals surface area (Å²) in [7, 11) is -3.40. The van der Waals surface area contributed by atoms with Gasteiger partial charge in [-0.1, -0.05) is 29.8 Å². The van der Waals surface area contributed by atoms with Crippen LogP contribution in [0.1, 0.15) is 19.4 Å². The zero-order chi connectivity index (χ0) is 12.2. The van der Waals surface area contributed by atoms with Gasteiger partial charge in [0.2, 0.25) is 10.0 Å². The molecule has 0 spiro atoms. The lowest BCUT2D eigenvalue weighted by Gasteiger charge is -2.10. The molecule has 0 saturated carbocycles. The zero-order valence-electron chi connectivity index (χ0n) is 9.77. The maximum atomic E-state index is 11.9. The third-order valence-electron chi connectivity index (χ3n) is 2.15. The summed E-state index contributed by atoms with van der Waals surface area (Å²) in [6.07, 6.45) is 3.62. The molecule has 0 aromatic heterocycles. The number of rotatable bonds is 4. The van der Waals surface area contributed by atoms with Crippen LogP contribution < -0.4 is 4.72 Å². The summed E-state index contributed by atoms with van der Waals surface area (Å²) in [6.45, 7) is 5.58. The molecule has 0 radical (unpaired) electrons. The fourth-order valence-electron chi connectivity index (χ4n) is 1.36. The number of hydrogen-bond donors (Lipinski definition) is 1. The minimum absolute atomic E-state index is 0.198. The molecule has 0 aliphatic rings. The van der Waals surface area contributed by atoms with E-state index < -0.39 is 10.0 Å². The van der Waals surface area contributed by atoms with Gasteiger partial charge in [-0.05, 0) is 32.9 Å². The van der Waals surface area contributed by atoms with Crippen molar-refractivity contribution in [3.8, 4) is 0 Å². The summed E-state index contributed by atoms with van der Waals surface area (Å²) < 4.78 is 26.3. The Morgan fingerprint density at radius 1 is 1.25 bits per heavy atom. The van der Waals surface area contributed by atoms with E-state index in [0.29, 0.717) is 4.90 Å². The minimum atomic E-state index is -3.40. The van der Waals surface area contributed by atoms with Crippen molar-refractivity contribution in [2.75, 3.05) is 0 Å². The highest BCUT2D eigenvalue weighted by molar-refractivity contribution is 7.89. The summed E-state index contributed by atoms with van der Waals surface area (Å²) in [5.74, 6) is 0. The Morgan fingerprint density at radius 3 is 2.31 bits per heavy atom. The molecule has 1 rings (SSSR count). The van der Waals surface area contributed by atoms with Gasteiger partial charge in [0.05, 0.1) is 4.90 Å². The maximum absolute atomic E-state index is 11.9. The van der Waals surface area contributed by atoms with Crippen molar-refractivity contribution in [3.05, 3.63) is 42.0 Å². The molecule has 3 nitrogen and oxygen atoms in total. The highest BCUT2D eigenvalue weighted by Gasteiger charge is 2.15. The topological polar surface area (TPSA) is 46.2 Å². The molecule has 0 amide bonds. The van der Waals surface area contributed by atoms with E-state index in [0.717, 1.165) is 5.56 Å². The molecule has 16 heavy (non-hydrogen) atoms. The molecule has 4 heteroatoms. The number of nitrogens with one attached hydrogen (secondary N) is 1. The van der Waals surface area contributed by atoms with E-state index in [1.165, 1.54) is 0 Å². The van der Waals surface area contributed by atoms with Crippen molar-refractivity contribution in [3.63, 3.8) is 0 Å². The second-order valence-corrected chi connectivity index (χ2v) is 5.46. The first kappa shape index (κ1) is 12.9. The molecule has 1 aromatic carbocycles. The number of allylic oxidation sites excluding steroid dienone is 1. The Bertz CT molecular complexity index is 460. The Labute approximate surface area is 97.2 Å². The van der Waals surface area contributed by atoms with Gasteiger partial charge in [-0.25, -0.2) is 13.1 Å². The molecule has 1 N–H and O–H groups in total. The largest absolute Gasteiger partial charge is 0.241 e. The van der Waals surface area contributed by atoms with E-state index in [9.17, 15) is 8.42 Å². The predicted molar refractivity (Wildman–Crippen MR) is 65.8 cm³/mol. The molecule has 1 unspecified atom stereocenters. The first-order valence-electron chi connectivity index (χ1n) is 5.17. The second kappa shape index (κ2) is 5.27. The van der Waals surface area contributed by atoms with Gasteiger partial charge in [0.25, 0.3) is 0 Å². The second-order valence-electron chi connectivity index (χ2n) is 3.75. The Balaban J connectivity index is 2.90.